The fraction of sp³-hybridized carbons (Fsp3) is 0.417. The Hall–Kier alpha value is -1.71. The molecule has 0 radical (unpaired) electrons. The van der Waals surface area contributed by atoms with Gasteiger partial charge < -0.3 is 14.8 Å². The maximum Gasteiger partial charge on any atom is 0.251 e. The van der Waals surface area contributed by atoms with Crippen LogP contribution < -0.4 is 14.8 Å². The number of hydrogen-bond donors (Lipinski definition) is 1. The summed E-state index contributed by atoms with van der Waals surface area (Å²) in [6.07, 6.45) is 2.16. The Kier molecular flexibility index (Phi) is 2.99. The van der Waals surface area contributed by atoms with Crippen LogP contribution in [0.3, 0.4) is 0 Å². The van der Waals surface area contributed by atoms with E-state index in [1.54, 1.807) is 32.4 Å². The normalized spacial score (nSPS) is 14.4. The number of hydrogen-bond acceptors (Lipinski definition) is 3. The van der Waals surface area contributed by atoms with Crippen LogP contribution in [-0.2, 0) is 0 Å². The highest BCUT2D eigenvalue weighted by Crippen LogP contribution is 2.28. The molecule has 1 amide bonds. The molecule has 0 atom stereocenters. The Balaban J connectivity index is 2.17. The molecule has 86 valence electrons. The van der Waals surface area contributed by atoms with Crippen molar-refractivity contribution < 1.29 is 14.3 Å². The number of nitrogens with one attached hydrogen (secondary N) is 1. The highest BCUT2D eigenvalue weighted by Gasteiger charge is 2.24. The first-order chi connectivity index (χ1) is 7.74. The Morgan fingerprint density at radius 1 is 1.25 bits per heavy atom. The van der Waals surface area contributed by atoms with E-state index in [0.717, 1.165) is 12.8 Å². The third kappa shape index (κ3) is 2.27. The van der Waals surface area contributed by atoms with Gasteiger partial charge in [0.05, 0.1) is 14.2 Å². The molecule has 1 aromatic carbocycles. The molecular weight excluding hydrogens is 206 g/mol. The van der Waals surface area contributed by atoms with Gasteiger partial charge in [-0.2, -0.15) is 0 Å². The molecule has 0 aromatic heterocycles. The van der Waals surface area contributed by atoms with Crippen LogP contribution in [0.4, 0.5) is 0 Å². The van der Waals surface area contributed by atoms with Crippen molar-refractivity contribution in [3.63, 3.8) is 0 Å². The number of carbonyl (C=O) groups excluding carboxylic acids is 1. The molecule has 1 saturated carbocycles. The van der Waals surface area contributed by atoms with E-state index in [0.29, 0.717) is 23.1 Å². The van der Waals surface area contributed by atoms with Crippen LogP contribution in [0.25, 0.3) is 0 Å². The number of amides is 1. The van der Waals surface area contributed by atoms with Gasteiger partial charge >= 0.3 is 0 Å². The zero-order valence-electron chi connectivity index (χ0n) is 9.45. The Morgan fingerprint density at radius 2 is 1.94 bits per heavy atom. The van der Waals surface area contributed by atoms with Crippen molar-refractivity contribution >= 4 is 5.91 Å². The molecule has 1 aromatic rings. The van der Waals surface area contributed by atoms with E-state index in [1.807, 2.05) is 0 Å². The molecule has 0 saturated heterocycles. The molecule has 1 fully saturated rings. The lowest BCUT2D eigenvalue weighted by Crippen LogP contribution is -2.25. The summed E-state index contributed by atoms with van der Waals surface area (Å²) in [5.41, 5.74) is 0.601. The van der Waals surface area contributed by atoms with Gasteiger partial charge in [0.2, 0.25) is 0 Å². The molecule has 1 aliphatic carbocycles. The highest BCUT2D eigenvalue weighted by molar-refractivity contribution is 5.95. The van der Waals surface area contributed by atoms with Crippen LogP contribution >= 0.6 is 0 Å². The molecule has 16 heavy (non-hydrogen) atoms. The monoisotopic (exact) mass is 221 g/mol. The molecule has 1 aliphatic rings. The first-order valence-electron chi connectivity index (χ1n) is 5.27. The summed E-state index contributed by atoms with van der Waals surface area (Å²) in [6, 6.07) is 5.52. The SMILES string of the molecule is COc1ccc(C(=O)NC2CC2)cc1OC. The topological polar surface area (TPSA) is 47.6 Å². The van der Waals surface area contributed by atoms with Crippen LogP contribution in [0.1, 0.15) is 23.2 Å². The standard InChI is InChI=1S/C12H15NO3/c1-15-10-6-3-8(7-11(10)16-2)12(14)13-9-4-5-9/h3,6-7,9H,4-5H2,1-2H3,(H,13,14). The van der Waals surface area contributed by atoms with E-state index in [9.17, 15) is 4.79 Å². The van der Waals surface area contributed by atoms with Gasteiger partial charge in [0.1, 0.15) is 0 Å². The maximum absolute atomic E-state index is 11.8. The minimum atomic E-state index is -0.0524. The summed E-state index contributed by atoms with van der Waals surface area (Å²) in [5, 5.41) is 2.92. The molecule has 0 bridgehead atoms. The Bertz CT molecular complexity index is 399. The molecule has 0 unspecified atom stereocenters. The van der Waals surface area contributed by atoms with Crippen LogP contribution in [0.5, 0.6) is 11.5 Å². The number of ether oxygens (including phenoxy) is 2. The second kappa shape index (κ2) is 4.43. The van der Waals surface area contributed by atoms with E-state index in [-0.39, 0.29) is 5.91 Å². The molecule has 0 aliphatic heterocycles. The summed E-state index contributed by atoms with van der Waals surface area (Å²) in [6.45, 7) is 0. The van der Waals surface area contributed by atoms with Gasteiger partial charge in [0.15, 0.2) is 11.5 Å². The zero-order chi connectivity index (χ0) is 11.5. The molecule has 1 N–H and O–H groups in total. The second-order valence-corrected chi connectivity index (χ2v) is 3.82. The van der Waals surface area contributed by atoms with Gasteiger partial charge in [-0.3, -0.25) is 4.79 Å². The van der Waals surface area contributed by atoms with Crippen molar-refractivity contribution in [1.29, 1.82) is 0 Å². The Labute approximate surface area is 94.6 Å². The third-order valence-corrected chi connectivity index (χ3v) is 2.56. The molecule has 4 nitrogen and oxygen atoms in total. The van der Waals surface area contributed by atoms with Crippen LogP contribution in [0, 0.1) is 0 Å². The van der Waals surface area contributed by atoms with Crippen molar-refractivity contribution in [2.75, 3.05) is 14.2 Å². The van der Waals surface area contributed by atoms with E-state index in [2.05, 4.69) is 5.32 Å². The molecule has 2 rings (SSSR count). The summed E-state index contributed by atoms with van der Waals surface area (Å²) < 4.78 is 10.3. The fourth-order valence-electron chi connectivity index (χ4n) is 1.47. The van der Waals surface area contributed by atoms with Crippen molar-refractivity contribution in [1.82, 2.24) is 5.32 Å². The highest BCUT2D eigenvalue weighted by atomic mass is 16.5. The van der Waals surface area contributed by atoms with E-state index in [1.165, 1.54) is 0 Å². The lowest BCUT2D eigenvalue weighted by molar-refractivity contribution is 0.0950. The number of rotatable bonds is 4. The number of carbonyl (C=O) groups is 1. The summed E-state index contributed by atoms with van der Waals surface area (Å²) in [7, 11) is 3.13. The van der Waals surface area contributed by atoms with Crippen molar-refractivity contribution in [3.05, 3.63) is 23.8 Å². The van der Waals surface area contributed by atoms with E-state index >= 15 is 0 Å². The van der Waals surface area contributed by atoms with Gasteiger partial charge in [-0.15, -0.1) is 0 Å². The van der Waals surface area contributed by atoms with Gasteiger partial charge in [0.25, 0.3) is 5.91 Å². The third-order valence-electron chi connectivity index (χ3n) is 2.56. The summed E-state index contributed by atoms with van der Waals surface area (Å²) in [4.78, 5) is 11.8. The van der Waals surface area contributed by atoms with Gasteiger partial charge in [-0.05, 0) is 31.0 Å². The summed E-state index contributed by atoms with van der Waals surface area (Å²) >= 11 is 0. The predicted octanol–water partition coefficient (Wildman–Crippen LogP) is 1.60. The van der Waals surface area contributed by atoms with Crippen LogP contribution in [0.15, 0.2) is 18.2 Å². The van der Waals surface area contributed by atoms with E-state index < -0.39 is 0 Å². The fourth-order valence-corrected chi connectivity index (χ4v) is 1.47. The average molecular weight is 221 g/mol. The largest absolute Gasteiger partial charge is 0.493 e. The second-order valence-electron chi connectivity index (χ2n) is 3.82. The molecular formula is C12H15NO3. The Morgan fingerprint density at radius 3 is 2.50 bits per heavy atom. The van der Waals surface area contributed by atoms with Gasteiger partial charge in [0, 0.05) is 11.6 Å². The first kappa shape index (κ1) is 10.8. The minimum absolute atomic E-state index is 0.0524. The van der Waals surface area contributed by atoms with Crippen molar-refractivity contribution in [2.24, 2.45) is 0 Å². The quantitative estimate of drug-likeness (QED) is 0.840. The lowest BCUT2D eigenvalue weighted by atomic mass is 10.2. The summed E-state index contributed by atoms with van der Waals surface area (Å²) in [5.74, 6) is 1.15. The lowest BCUT2D eigenvalue weighted by Gasteiger charge is -2.09. The van der Waals surface area contributed by atoms with Crippen LogP contribution in [0.2, 0.25) is 0 Å². The zero-order valence-corrected chi connectivity index (χ0v) is 9.45. The van der Waals surface area contributed by atoms with E-state index in [4.69, 9.17) is 9.47 Å². The molecule has 0 spiro atoms. The number of benzene rings is 1. The molecule has 0 heterocycles. The smallest absolute Gasteiger partial charge is 0.251 e. The van der Waals surface area contributed by atoms with Crippen molar-refractivity contribution in [3.8, 4) is 11.5 Å². The first-order valence-corrected chi connectivity index (χ1v) is 5.27. The van der Waals surface area contributed by atoms with Gasteiger partial charge in [-0.1, -0.05) is 0 Å². The maximum atomic E-state index is 11.8. The van der Waals surface area contributed by atoms with Crippen LogP contribution in [-0.4, -0.2) is 26.2 Å². The van der Waals surface area contributed by atoms with Gasteiger partial charge in [-0.25, -0.2) is 0 Å². The molecule has 4 heteroatoms. The predicted molar refractivity (Wildman–Crippen MR) is 60.0 cm³/mol. The van der Waals surface area contributed by atoms with Crippen molar-refractivity contribution in [2.45, 2.75) is 18.9 Å². The average Bonchev–Trinajstić information content (AvgIpc) is 3.11. The number of methoxy groups -OCH3 is 2. The minimum Gasteiger partial charge on any atom is -0.493 e.